The van der Waals surface area contributed by atoms with Crippen LogP contribution in [0.3, 0.4) is 0 Å². The number of halogens is 1. The molecule has 0 saturated heterocycles. The van der Waals surface area contributed by atoms with Gasteiger partial charge in [-0.05, 0) is 43.5 Å². The quantitative estimate of drug-likeness (QED) is 0.713. The number of hydrogen-bond acceptors (Lipinski definition) is 5. The number of carbonyl (C=O) groups excluding carboxylic acids is 1. The number of aliphatic hydroxyl groups is 1. The van der Waals surface area contributed by atoms with E-state index in [0.717, 1.165) is 24.8 Å². The van der Waals surface area contributed by atoms with Crippen LogP contribution in [-0.4, -0.2) is 48.0 Å². The number of benzene rings is 1. The summed E-state index contributed by atoms with van der Waals surface area (Å²) in [4.78, 5) is 17.2. The number of rotatable bonds is 7. The molecule has 1 aliphatic carbocycles. The number of carbonyl (C=O) groups is 1. The van der Waals surface area contributed by atoms with Crippen LogP contribution in [-0.2, 0) is 4.74 Å². The van der Waals surface area contributed by atoms with Gasteiger partial charge in [-0.25, -0.2) is 4.98 Å². The molecule has 3 atom stereocenters. The minimum Gasteiger partial charge on any atom is -0.474 e. The van der Waals surface area contributed by atoms with Crippen molar-refractivity contribution >= 4 is 17.5 Å². The molecule has 7 heteroatoms. The summed E-state index contributed by atoms with van der Waals surface area (Å²) in [6.07, 6.45) is 4.38. The summed E-state index contributed by atoms with van der Waals surface area (Å²) in [5, 5.41) is 13.7. The van der Waals surface area contributed by atoms with Crippen LogP contribution in [0.2, 0.25) is 5.02 Å². The SMILES string of the molecule is CO[C@@H](C)COc1ncc(C(=O)N[C@@H]2CCCC[C@H]2O)cc1-c1ccc(Cl)cc1. The van der Waals surface area contributed by atoms with E-state index in [2.05, 4.69) is 10.3 Å². The van der Waals surface area contributed by atoms with Crippen molar-refractivity contribution in [1.82, 2.24) is 10.3 Å². The molecule has 1 heterocycles. The van der Waals surface area contributed by atoms with Gasteiger partial charge in [0.2, 0.25) is 5.88 Å². The maximum absolute atomic E-state index is 12.8. The molecule has 1 amide bonds. The number of aromatic nitrogens is 1. The lowest BCUT2D eigenvalue weighted by molar-refractivity contribution is 0.0698. The topological polar surface area (TPSA) is 80.7 Å². The number of amides is 1. The van der Waals surface area contributed by atoms with Gasteiger partial charge in [-0.2, -0.15) is 0 Å². The molecule has 0 bridgehead atoms. The molecule has 1 aliphatic rings. The first-order valence-electron chi connectivity index (χ1n) is 9.88. The van der Waals surface area contributed by atoms with E-state index in [1.165, 1.54) is 6.20 Å². The first-order valence-corrected chi connectivity index (χ1v) is 10.3. The average Bonchev–Trinajstić information content (AvgIpc) is 2.74. The first-order chi connectivity index (χ1) is 14.0. The molecular weight excluding hydrogens is 392 g/mol. The zero-order valence-electron chi connectivity index (χ0n) is 16.7. The fourth-order valence-corrected chi connectivity index (χ4v) is 3.45. The molecule has 29 heavy (non-hydrogen) atoms. The minimum atomic E-state index is -0.505. The smallest absolute Gasteiger partial charge is 0.253 e. The summed E-state index contributed by atoms with van der Waals surface area (Å²) in [6, 6.07) is 8.81. The molecule has 1 fully saturated rings. The van der Waals surface area contributed by atoms with E-state index in [-0.39, 0.29) is 18.1 Å². The van der Waals surface area contributed by atoms with Crippen LogP contribution in [0.4, 0.5) is 0 Å². The third-order valence-electron chi connectivity index (χ3n) is 5.17. The summed E-state index contributed by atoms with van der Waals surface area (Å²) in [5.74, 6) is 0.168. The van der Waals surface area contributed by atoms with E-state index in [9.17, 15) is 9.90 Å². The normalized spacial score (nSPS) is 20.1. The van der Waals surface area contributed by atoms with Crippen molar-refractivity contribution < 1.29 is 19.4 Å². The summed E-state index contributed by atoms with van der Waals surface area (Å²) in [7, 11) is 1.62. The van der Waals surface area contributed by atoms with Crippen LogP contribution in [0.1, 0.15) is 43.0 Å². The number of methoxy groups -OCH3 is 1. The molecule has 1 aromatic carbocycles. The lowest BCUT2D eigenvalue weighted by Gasteiger charge is -2.28. The van der Waals surface area contributed by atoms with Crippen molar-refractivity contribution in [3.8, 4) is 17.0 Å². The summed E-state index contributed by atoms with van der Waals surface area (Å²) in [5.41, 5.74) is 1.95. The second kappa shape index (κ2) is 10.1. The lowest BCUT2D eigenvalue weighted by Crippen LogP contribution is -2.45. The van der Waals surface area contributed by atoms with Gasteiger partial charge >= 0.3 is 0 Å². The fraction of sp³-hybridized carbons (Fsp3) is 0.455. The van der Waals surface area contributed by atoms with Crippen molar-refractivity contribution in [3.05, 3.63) is 47.1 Å². The van der Waals surface area contributed by atoms with Crippen molar-refractivity contribution in [2.75, 3.05) is 13.7 Å². The second-order valence-electron chi connectivity index (χ2n) is 7.37. The highest BCUT2D eigenvalue weighted by Gasteiger charge is 2.25. The first kappa shape index (κ1) is 21.6. The maximum atomic E-state index is 12.8. The maximum Gasteiger partial charge on any atom is 0.253 e. The molecule has 1 saturated carbocycles. The number of nitrogens with zero attached hydrogens (tertiary/aromatic N) is 1. The Bertz CT molecular complexity index is 828. The Labute approximate surface area is 176 Å². The predicted octanol–water partition coefficient (Wildman–Crippen LogP) is 3.85. The fourth-order valence-electron chi connectivity index (χ4n) is 3.32. The van der Waals surface area contributed by atoms with Crippen LogP contribution >= 0.6 is 11.6 Å². The van der Waals surface area contributed by atoms with Gasteiger partial charge in [-0.1, -0.05) is 36.6 Å². The number of ether oxygens (including phenoxy) is 2. The largest absolute Gasteiger partial charge is 0.474 e. The summed E-state index contributed by atoms with van der Waals surface area (Å²) >= 11 is 6.01. The molecule has 3 rings (SSSR count). The highest BCUT2D eigenvalue weighted by atomic mass is 35.5. The van der Waals surface area contributed by atoms with Crippen LogP contribution in [0.5, 0.6) is 5.88 Å². The molecule has 0 radical (unpaired) electrons. The Hall–Kier alpha value is -2.15. The molecule has 2 N–H and O–H groups in total. The molecule has 2 aromatic rings. The van der Waals surface area contributed by atoms with Gasteiger partial charge < -0.3 is 19.9 Å². The minimum absolute atomic E-state index is 0.0920. The van der Waals surface area contributed by atoms with E-state index in [1.54, 1.807) is 25.3 Å². The third kappa shape index (κ3) is 5.69. The van der Waals surface area contributed by atoms with Gasteiger partial charge in [0, 0.05) is 23.9 Å². The van der Waals surface area contributed by atoms with Crippen LogP contribution in [0.15, 0.2) is 36.5 Å². The molecule has 0 aliphatic heterocycles. The predicted molar refractivity (Wildman–Crippen MR) is 112 cm³/mol. The molecular formula is C22H27ClN2O4. The Morgan fingerprint density at radius 3 is 2.72 bits per heavy atom. The van der Waals surface area contributed by atoms with E-state index in [0.29, 0.717) is 35.1 Å². The van der Waals surface area contributed by atoms with Crippen molar-refractivity contribution in [1.29, 1.82) is 0 Å². The van der Waals surface area contributed by atoms with Gasteiger partial charge in [0.15, 0.2) is 0 Å². The monoisotopic (exact) mass is 418 g/mol. The zero-order chi connectivity index (χ0) is 20.8. The molecule has 0 spiro atoms. The number of pyridine rings is 1. The van der Waals surface area contributed by atoms with Crippen LogP contribution in [0.25, 0.3) is 11.1 Å². The van der Waals surface area contributed by atoms with E-state index in [1.807, 2.05) is 19.1 Å². The zero-order valence-corrected chi connectivity index (χ0v) is 17.5. The Kier molecular flexibility index (Phi) is 7.47. The second-order valence-corrected chi connectivity index (χ2v) is 7.81. The average molecular weight is 419 g/mol. The van der Waals surface area contributed by atoms with Crippen LogP contribution < -0.4 is 10.1 Å². The van der Waals surface area contributed by atoms with Crippen LogP contribution in [0, 0.1) is 0 Å². The van der Waals surface area contributed by atoms with Crippen molar-refractivity contribution in [2.45, 2.75) is 50.9 Å². The van der Waals surface area contributed by atoms with Crippen molar-refractivity contribution in [3.63, 3.8) is 0 Å². The van der Waals surface area contributed by atoms with Gasteiger partial charge in [0.05, 0.1) is 23.8 Å². The lowest BCUT2D eigenvalue weighted by atomic mass is 9.92. The molecule has 0 unspecified atom stereocenters. The number of nitrogens with one attached hydrogen (secondary N) is 1. The molecule has 6 nitrogen and oxygen atoms in total. The summed E-state index contributed by atoms with van der Waals surface area (Å²) < 4.78 is 11.1. The number of aliphatic hydroxyl groups excluding tert-OH is 1. The molecule has 156 valence electrons. The van der Waals surface area contributed by atoms with E-state index in [4.69, 9.17) is 21.1 Å². The van der Waals surface area contributed by atoms with Crippen molar-refractivity contribution in [2.24, 2.45) is 0 Å². The Morgan fingerprint density at radius 2 is 2.03 bits per heavy atom. The highest BCUT2D eigenvalue weighted by Crippen LogP contribution is 2.30. The number of hydrogen-bond donors (Lipinski definition) is 2. The Balaban J connectivity index is 1.85. The van der Waals surface area contributed by atoms with Gasteiger partial charge in [0.1, 0.15) is 6.61 Å². The molecule has 1 aromatic heterocycles. The third-order valence-corrected chi connectivity index (χ3v) is 5.42. The Morgan fingerprint density at radius 1 is 1.31 bits per heavy atom. The van der Waals surface area contributed by atoms with E-state index < -0.39 is 6.10 Å². The van der Waals surface area contributed by atoms with E-state index >= 15 is 0 Å². The highest BCUT2D eigenvalue weighted by molar-refractivity contribution is 6.30. The standard InChI is InChI=1S/C22H27ClN2O4/c1-14(28-2)13-29-22-18(15-7-9-17(23)10-8-15)11-16(12-24-22)21(27)25-19-5-3-4-6-20(19)26/h7-12,14,19-20,26H,3-6,13H2,1-2H3,(H,25,27)/t14-,19+,20+/m0/s1. The van der Waals surface area contributed by atoms with Gasteiger partial charge in [0.25, 0.3) is 5.91 Å². The van der Waals surface area contributed by atoms with Gasteiger partial charge in [-0.3, -0.25) is 4.79 Å². The summed E-state index contributed by atoms with van der Waals surface area (Å²) in [6.45, 7) is 2.24. The van der Waals surface area contributed by atoms with Gasteiger partial charge in [-0.15, -0.1) is 0 Å².